The van der Waals surface area contributed by atoms with Gasteiger partial charge in [0, 0.05) is 0 Å². The lowest BCUT2D eigenvalue weighted by Gasteiger charge is -2.64. The monoisotopic (exact) mass is 980 g/mol. The summed E-state index contributed by atoms with van der Waals surface area (Å²) < 4.78 is 48.5. The topological polar surface area (TPSA) is 374 Å². The van der Waals surface area contributed by atoms with Gasteiger partial charge in [0.2, 0.25) is 6.29 Å². The van der Waals surface area contributed by atoms with Crippen LogP contribution in [0.25, 0.3) is 0 Å². The van der Waals surface area contributed by atoms with Crippen molar-refractivity contribution in [3.8, 4) is 0 Å². The molecule has 7 fully saturated rings. The number of allylic oxidation sites excluding steroid dienone is 1. The molecule has 0 radical (unpaired) electrons. The summed E-state index contributed by atoms with van der Waals surface area (Å²) in [6.07, 6.45) is -26.7. The molecule has 8 aliphatic rings. The third-order valence-electron chi connectivity index (χ3n) is 17.2. The molecule has 8 rings (SSSR count). The smallest absolute Gasteiger partial charge is 0.314 e. The van der Waals surface area contributed by atoms with Crippen molar-refractivity contribution in [1.29, 1.82) is 0 Å². The molecule has 2 bridgehead atoms. The third-order valence-corrected chi connectivity index (χ3v) is 17.2. The van der Waals surface area contributed by atoms with Crippen molar-refractivity contribution in [3.05, 3.63) is 11.6 Å². The second-order valence-electron chi connectivity index (χ2n) is 20.9. The molecule has 390 valence electrons. The molecule has 4 saturated heterocycles. The predicted octanol–water partition coefficient (Wildman–Crippen LogP) is -4.72. The Balaban J connectivity index is 1.08. The van der Waals surface area contributed by atoms with Crippen molar-refractivity contribution in [3.63, 3.8) is 0 Å². The number of hydrogen-bond acceptors (Lipinski definition) is 23. The number of rotatable bonds is 13. The average molecular weight is 981 g/mol. The highest BCUT2D eigenvalue weighted by Crippen LogP contribution is 2.72. The first-order valence-corrected chi connectivity index (χ1v) is 24.0. The van der Waals surface area contributed by atoms with Crippen LogP contribution in [0.3, 0.4) is 0 Å². The number of esters is 1. The van der Waals surface area contributed by atoms with Gasteiger partial charge in [-0.2, -0.15) is 0 Å². The molecule has 0 amide bonds. The Labute approximate surface area is 392 Å². The van der Waals surface area contributed by atoms with Crippen molar-refractivity contribution >= 4 is 5.97 Å². The molecule has 68 heavy (non-hydrogen) atoms. The lowest BCUT2D eigenvalue weighted by Crippen LogP contribution is -2.68. The lowest BCUT2D eigenvalue weighted by molar-refractivity contribution is -0.400. The highest BCUT2D eigenvalue weighted by molar-refractivity contribution is 5.77. The summed E-state index contributed by atoms with van der Waals surface area (Å²) in [5.41, 5.74) is -2.12. The van der Waals surface area contributed by atoms with E-state index in [1.807, 2.05) is 13.8 Å². The minimum Gasteiger partial charge on any atom is -0.432 e. The van der Waals surface area contributed by atoms with Crippen LogP contribution in [0.1, 0.15) is 78.6 Å². The number of aliphatic hydroxyl groups is 14. The fourth-order valence-corrected chi connectivity index (χ4v) is 13.6. The van der Waals surface area contributed by atoms with E-state index in [0.717, 1.165) is 12.0 Å². The summed E-state index contributed by atoms with van der Waals surface area (Å²) in [4.78, 5) is 14.3. The molecule has 0 aromatic rings. The first-order valence-electron chi connectivity index (χ1n) is 24.0. The zero-order valence-corrected chi connectivity index (χ0v) is 38.4. The Bertz CT molecular complexity index is 1790. The van der Waals surface area contributed by atoms with E-state index in [4.69, 9.17) is 37.9 Å². The van der Waals surface area contributed by atoms with E-state index in [-0.39, 0.29) is 11.8 Å². The van der Waals surface area contributed by atoms with Crippen LogP contribution in [-0.2, 0) is 42.7 Å². The molecule has 20 unspecified atom stereocenters. The van der Waals surface area contributed by atoms with E-state index in [1.54, 1.807) is 0 Å². The summed E-state index contributed by atoms with van der Waals surface area (Å²) >= 11 is 0. The number of carbonyl (C=O) groups is 1. The molecule has 1 spiro atoms. The fraction of sp³-hybridized carbons (Fsp3) is 0.933. The molecule has 4 aliphatic heterocycles. The maximum absolute atomic E-state index is 14.3. The second-order valence-corrected chi connectivity index (χ2v) is 20.9. The first kappa shape index (κ1) is 52.7. The summed E-state index contributed by atoms with van der Waals surface area (Å²) in [6, 6.07) is 0. The van der Waals surface area contributed by atoms with Gasteiger partial charge in [0.05, 0.1) is 37.4 Å². The second kappa shape index (κ2) is 20.0. The average Bonchev–Trinajstić information content (AvgIpc) is 3.55. The van der Waals surface area contributed by atoms with Gasteiger partial charge < -0.3 is 109 Å². The molecule has 0 aromatic carbocycles. The van der Waals surface area contributed by atoms with Crippen LogP contribution in [-0.4, -0.2) is 232 Å². The highest BCUT2D eigenvalue weighted by atomic mass is 16.8. The fourth-order valence-electron chi connectivity index (χ4n) is 13.6. The van der Waals surface area contributed by atoms with Crippen molar-refractivity contribution in [2.45, 2.75) is 207 Å². The molecule has 4 aliphatic carbocycles. The van der Waals surface area contributed by atoms with E-state index in [9.17, 15) is 76.3 Å². The van der Waals surface area contributed by atoms with Crippen LogP contribution >= 0.6 is 0 Å². The van der Waals surface area contributed by atoms with Crippen molar-refractivity contribution in [1.82, 2.24) is 0 Å². The van der Waals surface area contributed by atoms with Gasteiger partial charge in [-0.15, -0.1) is 0 Å². The van der Waals surface area contributed by atoms with Crippen LogP contribution in [0.2, 0.25) is 0 Å². The van der Waals surface area contributed by atoms with Crippen LogP contribution in [0.5, 0.6) is 0 Å². The SMILES string of the molecule is CCC1=C[C@@]23CC[C@H]4[C@@](C)(CCC[C@@]4(C)C(=O)OC4OC(CO)C(O)C(O)C4O)[C@@H]2CC[C@]1(OC1OC(CO)C(O)C(OC2OC(CO)C(O)C(O)C2O)C1OC1OC(CO)C(O)C(O)C1O)C3. The molecule has 4 heterocycles. The van der Waals surface area contributed by atoms with Gasteiger partial charge in [-0.3, -0.25) is 4.79 Å². The molecule has 23 nitrogen and oxygen atoms in total. The zero-order valence-electron chi connectivity index (χ0n) is 38.4. The number of hydrogen-bond donors (Lipinski definition) is 14. The normalized spacial score (nSPS) is 53.8. The summed E-state index contributed by atoms with van der Waals surface area (Å²) in [5, 5.41) is 148. The zero-order chi connectivity index (χ0) is 49.4. The lowest BCUT2D eigenvalue weighted by atomic mass is 9.40. The molecule has 3 saturated carbocycles. The van der Waals surface area contributed by atoms with E-state index in [2.05, 4.69) is 13.0 Å². The summed E-state index contributed by atoms with van der Waals surface area (Å²) in [7, 11) is 0. The van der Waals surface area contributed by atoms with Crippen LogP contribution in [0.4, 0.5) is 0 Å². The molecule has 23 heteroatoms. The first-order chi connectivity index (χ1) is 32.2. The van der Waals surface area contributed by atoms with Gasteiger partial charge in [-0.1, -0.05) is 26.3 Å². The Hall–Kier alpha value is -1.63. The van der Waals surface area contributed by atoms with Crippen LogP contribution in [0, 0.1) is 28.1 Å². The third kappa shape index (κ3) is 8.70. The van der Waals surface area contributed by atoms with E-state index in [0.29, 0.717) is 51.4 Å². The van der Waals surface area contributed by atoms with Gasteiger partial charge in [-0.05, 0) is 86.5 Å². The highest BCUT2D eigenvalue weighted by Gasteiger charge is 2.69. The minimum atomic E-state index is -1.95. The Morgan fingerprint density at radius 3 is 1.57 bits per heavy atom. The Morgan fingerprint density at radius 2 is 1.04 bits per heavy atom. The van der Waals surface area contributed by atoms with Gasteiger partial charge in [0.1, 0.15) is 97.7 Å². The van der Waals surface area contributed by atoms with E-state index in [1.165, 1.54) is 0 Å². The van der Waals surface area contributed by atoms with Crippen LogP contribution < -0.4 is 0 Å². The largest absolute Gasteiger partial charge is 0.432 e. The quantitative estimate of drug-likeness (QED) is 0.0468. The number of fused-ring (bicyclic) bond motifs is 3. The van der Waals surface area contributed by atoms with Crippen molar-refractivity contribution in [2.75, 3.05) is 26.4 Å². The van der Waals surface area contributed by atoms with Crippen molar-refractivity contribution < 1.29 is 114 Å². The molecule has 0 aromatic heterocycles. The molecular formula is C45H72O23. The Morgan fingerprint density at radius 1 is 0.574 bits per heavy atom. The standard InChI is InChI=1S/C45H72O23/c1-4-18-12-44-10-6-23-42(2,8-5-9-43(23,3)41(60)67-39-34(59)31(56)27(52)21(15-48)63-39)24(44)7-11-45(18,17-44)68-40-36(66-38-33(58)30(55)26(51)20(14-47)62-38)35(28(53)22(16-49)64-40)65-37-32(57)29(54)25(50)19(13-46)61-37/h12,19-40,46-59H,4-11,13-17H2,1-3H3/t19?,20?,21?,22?,23-,24-,25?,26?,27?,28?,29?,30?,31?,32?,33?,34?,35?,36?,37?,38?,39?,40?,42+,43+,44+,45-/m0/s1. The number of carbonyl (C=O) groups excluding carboxylic acids is 1. The maximum atomic E-state index is 14.3. The van der Waals surface area contributed by atoms with Gasteiger partial charge in [-0.25, -0.2) is 0 Å². The van der Waals surface area contributed by atoms with E-state index < -0.39 is 177 Å². The van der Waals surface area contributed by atoms with Gasteiger partial charge in [0.15, 0.2) is 18.9 Å². The maximum Gasteiger partial charge on any atom is 0.314 e. The Kier molecular flexibility index (Phi) is 15.5. The van der Waals surface area contributed by atoms with E-state index >= 15 is 0 Å². The van der Waals surface area contributed by atoms with Crippen LogP contribution in [0.15, 0.2) is 11.6 Å². The molecular weight excluding hydrogens is 908 g/mol. The molecule has 14 N–H and O–H groups in total. The van der Waals surface area contributed by atoms with Crippen molar-refractivity contribution in [2.24, 2.45) is 28.1 Å². The summed E-state index contributed by atoms with van der Waals surface area (Å²) in [6.45, 7) is 2.92. The predicted molar refractivity (Wildman–Crippen MR) is 224 cm³/mol. The molecule has 26 atom stereocenters. The number of ether oxygens (including phenoxy) is 8. The van der Waals surface area contributed by atoms with Gasteiger partial charge >= 0.3 is 5.97 Å². The minimum absolute atomic E-state index is 0.0110. The van der Waals surface area contributed by atoms with Gasteiger partial charge in [0.25, 0.3) is 0 Å². The number of aliphatic hydroxyl groups excluding tert-OH is 14. The summed E-state index contributed by atoms with van der Waals surface area (Å²) in [5.74, 6) is -0.814.